The van der Waals surface area contributed by atoms with Gasteiger partial charge in [0.25, 0.3) is 0 Å². The van der Waals surface area contributed by atoms with Crippen LogP contribution in [0, 0.1) is 5.82 Å². The van der Waals surface area contributed by atoms with Gasteiger partial charge in [-0.15, -0.1) is 0 Å². The average molecular weight is 416 g/mol. The second kappa shape index (κ2) is 10.3. The van der Waals surface area contributed by atoms with Crippen molar-refractivity contribution in [2.24, 2.45) is 0 Å². The summed E-state index contributed by atoms with van der Waals surface area (Å²) in [6.07, 6.45) is 0. The topological polar surface area (TPSA) is 55.8 Å². The molecular formula is C24H30FNO4. The van der Waals surface area contributed by atoms with Gasteiger partial charge in [-0.2, -0.15) is 0 Å². The van der Waals surface area contributed by atoms with Crippen LogP contribution in [0.3, 0.4) is 0 Å². The molecule has 162 valence electrons. The number of ether oxygens (including phenoxy) is 2. The molecule has 5 nitrogen and oxygen atoms in total. The van der Waals surface area contributed by atoms with Crippen molar-refractivity contribution in [1.82, 2.24) is 4.90 Å². The summed E-state index contributed by atoms with van der Waals surface area (Å²) in [6.45, 7) is 9.69. The summed E-state index contributed by atoms with van der Waals surface area (Å²) < 4.78 is 24.5. The molecule has 0 heterocycles. The molecule has 0 aromatic heterocycles. The van der Waals surface area contributed by atoms with Crippen LogP contribution in [0.4, 0.5) is 4.39 Å². The van der Waals surface area contributed by atoms with Crippen LogP contribution in [-0.2, 0) is 20.8 Å². The van der Waals surface area contributed by atoms with E-state index in [1.807, 2.05) is 62.9 Å². The minimum absolute atomic E-state index is 0.0208. The molecule has 2 aromatic carbocycles. The Bertz CT molecular complexity index is 861. The monoisotopic (exact) mass is 415 g/mol. The van der Waals surface area contributed by atoms with Crippen molar-refractivity contribution in [2.75, 3.05) is 13.2 Å². The van der Waals surface area contributed by atoms with E-state index in [4.69, 9.17) is 9.47 Å². The molecule has 30 heavy (non-hydrogen) atoms. The first-order chi connectivity index (χ1) is 14.1. The van der Waals surface area contributed by atoms with Gasteiger partial charge in [0.1, 0.15) is 11.4 Å². The number of hydrogen-bond acceptors (Lipinski definition) is 5. The lowest BCUT2D eigenvalue weighted by molar-refractivity contribution is -0.156. The lowest BCUT2D eigenvalue weighted by Gasteiger charge is -2.31. The highest BCUT2D eigenvalue weighted by Crippen LogP contribution is 2.27. The number of benzene rings is 2. The fraction of sp³-hybridized carbons (Fsp3) is 0.417. The number of carbonyl (C=O) groups excluding carboxylic acids is 2. The fourth-order valence-electron chi connectivity index (χ4n) is 3.16. The summed E-state index contributed by atoms with van der Waals surface area (Å²) in [6, 6.07) is 13.4. The van der Waals surface area contributed by atoms with Crippen LogP contribution < -0.4 is 0 Å². The molecule has 0 amide bonds. The van der Waals surface area contributed by atoms with Gasteiger partial charge in [-0.05, 0) is 57.9 Å². The molecule has 6 heteroatoms. The quantitative estimate of drug-likeness (QED) is 0.574. The van der Waals surface area contributed by atoms with Crippen molar-refractivity contribution in [1.29, 1.82) is 0 Å². The number of esters is 2. The van der Waals surface area contributed by atoms with Crippen molar-refractivity contribution in [3.8, 4) is 0 Å². The zero-order valence-electron chi connectivity index (χ0n) is 18.3. The Morgan fingerprint density at radius 1 is 1.10 bits per heavy atom. The van der Waals surface area contributed by atoms with Crippen molar-refractivity contribution in [3.05, 3.63) is 71.0 Å². The summed E-state index contributed by atoms with van der Waals surface area (Å²) in [7, 11) is 0. The van der Waals surface area contributed by atoms with E-state index in [0.717, 1.165) is 5.56 Å². The predicted molar refractivity (Wildman–Crippen MR) is 113 cm³/mol. The maximum atomic E-state index is 13.9. The Balaban J connectivity index is 2.37. The number of halogens is 1. The molecule has 0 radical (unpaired) electrons. The second-order valence-electron chi connectivity index (χ2n) is 8.11. The lowest BCUT2D eigenvalue weighted by atomic mass is 9.99. The van der Waals surface area contributed by atoms with Gasteiger partial charge >= 0.3 is 11.9 Å². The van der Waals surface area contributed by atoms with Gasteiger partial charge < -0.3 is 9.47 Å². The largest absolute Gasteiger partial charge is 0.462 e. The van der Waals surface area contributed by atoms with E-state index in [9.17, 15) is 14.0 Å². The molecule has 2 aromatic rings. The molecule has 1 atom stereocenters. The van der Waals surface area contributed by atoms with E-state index in [0.29, 0.717) is 12.1 Å². The number of rotatable bonds is 8. The maximum Gasteiger partial charge on any atom is 0.338 e. The van der Waals surface area contributed by atoms with E-state index in [1.54, 1.807) is 13.0 Å². The second-order valence-corrected chi connectivity index (χ2v) is 8.11. The van der Waals surface area contributed by atoms with Crippen molar-refractivity contribution >= 4 is 11.9 Å². The highest BCUT2D eigenvalue weighted by molar-refractivity contribution is 5.91. The number of hydrogen-bond donors (Lipinski definition) is 0. The molecule has 0 aliphatic heterocycles. The van der Waals surface area contributed by atoms with Crippen LogP contribution in [-0.4, -0.2) is 35.6 Å². The van der Waals surface area contributed by atoms with E-state index in [2.05, 4.69) is 0 Å². The van der Waals surface area contributed by atoms with Crippen LogP contribution in [0.25, 0.3) is 0 Å². The third kappa shape index (κ3) is 6.95. The zero-order chi connectivity index (χ0) is 22.3. The lowest BCUT2D eigenvalue weighted by Crippen LogP contribution is -2.36. The summed E-state index contributed by atoms with van der Waals surface area (Å²) >= 11 is 0. The normalized spacial score (nSPS) is 12.5. The highest BCUT2D eigenvalue weighted by Gasteiger charge is 2.26. The van der Waals surface area contributed by atoms with Gasteiger partial charge in [0.05, 0.1) is 18.7 Å². The van der Waals surface area contributed by atoms with Crippen molar-refractivity contribution in [2.45, 2.75) is 52.8 Å². The smallest absolute Gasteiger partial charge is 0.338 e. The molecule has 2 rings (SSSR count). The van der Waals surface area contributed by atoms with Crippen molar-refractivity contribution in [3.63, 3.8) is 0 Å². The fourth-order valence-corrected chi connectivity index (χ4v) is 3.16. The SMILES string of the molecule is CCOC(=O)c1cc(F)ccc1C(C)N(CC(=O)OC(C)(C)C)Cc1ccccc1. The van der Waals surface area contributed by atoms with Gasteiger partial charge in [-0.3, -0.25) is 9.69 Å². The van der Waals surface area contributed by atoms with Gasteiger partial charge in [-0.25, -0.2) is 9.18 Å². The molecule has 0 saturated heterocycles. The van der Waals surface area contributed by atoms with Gasteiger partial charge in [0, 0.05) is 12.6 Å². The van der Waals surface area contributed by atoms with Gasteiger partial charge in [-0.1, -0.05) is 36.4 Å². The highest BCUT2D eigenvalue weighted by atomic mass is 19.1. The Hall–Kier alpha value is -2.73. The third-order valence-electron chi connectivity index (χ3n) is 4.49. The Kier molecular flexibility index (Phi) is 8.12. The van der Waals surface area contributed by atoms with Crippen LogP contribution in [0.15, 0.2) is 48.5 Å². The molecule has 0 fully saturated rings. The Morgan fingerprint density at radius 2 is 1.77 bits per heavy atom. The molecule has 0 aliphatic carbocycles. The number of nitrogens with zero attached hydrogens (tertiary/aromatic N) is 1. The summed E-state index contributed by atoms with van der Waals surface area (Å²) in [5.74, 6) is -1.48. The Morgan fingerprint density at radius 3 is 2.37 bits per heavy atom. The molecule has 0 aliphatic rings. The van der Waals surface area contributed by atoms with Gasteiger partial charge in [0.15, 0.2) is 0 Å². The molecular weight excluding hydrogens is 385 g/mol. The maximum absolute atomic E-state index is 13.9. The van der Waals surface area contributed by atoms with E-state index in [-0.39, 0.29) is 30.7 Å². The first-order valence-corrected chi connectivity index (χ1v) is 10.1. The van der Waals surface area contributed by atoms with Gasteiger partial charge in [0.2, 0.25) is 0 Å². The molecule has 0 spiro atoms. The van der Waals surface area contributed by atoms with Crippen molar-refractivity contribution < 1.29 is 23.5 Å². The third-order valence-corrected chi connectivity index (χ3v) is 4.49. The minimum Gasteiger partial charge on any atom is -0.462 e. The molecule has 0 saturated carbocycles. The average Bonchev–Trinajstić information content (AvgIpc) is 2.66. The minimum atomic E-state index is -0.606. The zero-order valence-corrected chi connectivity index (χ0v) is 18.3. The van der Waals surface area contributed by atoms with Crippen LogP contribution >= 0.6 is 0 Å². The molecule has 0 N–H and O–H groups in total. The van der Waals surface area contributed by atoms with Crippen LogP contribution in [0.2, 0.25) is 0 Å². The Labute approximate surface area is 177 Å². The van der Waals surface area contributed by atoms with E-state index >= 15 is 0 Å². The number of carbonyl (C=O) groups is 2. The summed E-state index contributed by atoms with van der Waals surface area (Å²) in [5.41, 5.74) is 1.15. The van der Waals surface area contributed by atoms with E-state index in [1.165, 1.54) is 12.1 Å². The summed E-state index contributed by atoms with van der Waals surface area (Å²) in [4.78, 5) is 26.9. The summed E-state index contributed by atoms with van der Waals surface area (Å²) in [5, 5.41) is 0. The first kappa shape index (κ1) is 23.5. The standard InChI is InChI=1S/C24H30FNO4/c1-6-29-23(28)21-14-19(25)12-13-20(21)17(2)26(15-18-10-8-7-9-11-18)16-22(27)30-24(3,4)5/h7-14,17H,6,15-16H2,1-5H3. The molecule has 1 unspecified atom stereocenters. The predicted octanol–water partition coefficient (Wildman–Crippen LogP) is 4.91. The van der Waals surface area contributed by atoms with Crippen LogP contribution in [0.1, 0.15) is 62.1 Å². The van der Waals surface area contributed by atoms with Crippen LogP contribution in [0.5, 0.6) is 0 Å². The van der Waals surface area contributed by atoms with E-state index < -0.39 is 17.4 Å². The molecule has 0 bridgehead atoms. The first-order valence-electron chi connectivity index (χ1n) is 10.1.